The summed E-state index contributed by atoms with van der Waals surface area (Å²) < 4.78 is 0. The van der Waals surface area contributed by atoms with E-state index in [9.17, 15) is 14.4 Å². The van der Waals surface area contributed by atoms with Gasteiger partial charge in [-0.1, -0.05) is 6.07 Å². The van der Waals surface area contributed by atoms with Crippen molar-refractivity contribution in [1.82, 2.24) is 10.3 Å². The highest BCUT2D eigenvalue weighted by Gasteiger charge is 2.18. The highest BCUT2D eigenvalue weighted by Crippen LogP contribution is 2.05. The third-order valence-corrected chi connectivity index (χ3v) is 2.51. The van der Waals surface area contributed by atoms with Crippen LogP contribution < -0.4 is 16.4 Å². The minimum atomic E-state index is -1.07. The predicted molar refractivity (Wildman–Crippen MR) is 76.2 cm³/mol. The lowest BCUT2D eigenvalue weighted by Crippen LogP contribution is -2.39. The molecule has 0 atom stereocenters. The highest BCUT2D eigenvalue weighted by molar-refractivity contribution is 6.42. The van der Waals surface area contributed by atoms with E-state index in [-0.39, 0.29) is 11.4 Å². The van der Waals surface area contributed by atoms with E-state index in [0.717, 1.165) is 0 Å². The molecule has 0 aliphatic heterocycles. The van der Waals surface area contributed by atoms with Crippen LogP contribution in [0, 0.1) is 0 Å². The van der Waals surface area contributed by atoms with Gasteiger partial charge in [-0.15, -0.1) is 0 Å². The molecule has 0 fully saturated rings. The lowest BCUT2D eigenvalue weighted by atomic mass is 10.2. The molecule has 1 heterocycles. The molecule has 0 saturated heterocycles. The molecule has 0 aliphatic rings. The SMILES string of the molecule is Nc1ccc(C(=O)NC(=O)C(=O)Nc2ccccn2)cc1. The van der Waals surface area contributed by atoms with Crippen molar-refractivity contribution in [3.8, 4) is 0 Å². The van der Waals surface area contributed by atoms with Gasteiger partial charge in [0, 0.05) is 17.4 Å². The first-order chi connectivity index (χ1) is 10.1. The molecule has 1 aromatic heterocycles. The van der Waals surface area contributed by atoms with Crippen LogP contribution in [0.3, 0.4) is 0 Å². The van der Waals surface area contributed by atoms with Crippen molar-refractivity contribution in [1.29, 1.82) is 0 Å². The first kappa shape index (κ1) is 14.2. The molecule has 0 radical (unpaired) electrons. The number of aromatic nitrogens is 1. The van der Waals surface area contributed by atoms with Crippen molar-refractivity contribution in [2.45, 2.75) is 0 Å². The summed E-state index contributed by atoms with van der Waals surface area (Å²) in [5.41, 5.74) is 6.21. The minimum absolute atomic E-state index is 0.220. The molecule has 0 unspecified atom stereocenters. The average molecular weight is 284 g/mol. The number of pyridine rings is 1. The molecule has 0 bridgehead atoms. The van der Waals surface area contributed by atoms with Gasteiger partial charge in [-0.2, -0.15) is 0 Å². The summed E-state index contributed by atoms with van der Waals surface area (Å²) >= 11 is 0. The summed E-state index contributed by atoms with van der Waals surface area (Å²) in [6, 6.07) is 10.8. The second-order valence-corrected chi connectivity index (χ2v) is 4.07. The number of nitrogen functional groups attached to an aromatic ring is 1. The summed E-state index contributed by atoms with van der Waals surface area (Å²) in [4.78, 5) is 38.8. The molecule has 0 saturated carbocycles. The topological polar surface area (TPSA) is 114 Å². The standard InChI is InChI=1S/C14H12N4O3/c15-10-6-4-9(5-7-10)12(19)18-14(21)13(20)17-11-3-1-2-8-16-11/h1-8H,15H2,(H,16,17,20)(H,18,19,21). The molecule has 2 aromatic rings. The Labute approximate surface area is 120 Å². The normalized spacial score (nSPS) is 9.71. The summed E-state index contributed by atoms with van der Waals surface area (Å²) in [7, 11) is 0. The van der Waals surface area contributed by atoms with Crippen LogP contribution in [-0.4, -0.2) is 22.7 Å². The largest absolute Gasteiger partial charge is 0.399 e. The second-order valence-electron chi connectivity index (χ2n) is 4.07. The van der Waals surface area contributed by atoms with E-state index in [4.69, 9.17) is 5.73 Å². The van der Waals surface area contributed by atoms with E-state index < -0.39 is 17.7 Å². The number of nitrogens with two attached hydrogens (primary N) is 1. The first-order valence-corrected chi connectivity index (χ1v) is 5.99. The van der Waals surface area contributed by atoms with Crippen molar-refractivity contribution in [3.63, 3.8) is 0 Å². The second kappa shape index (κ2) is 6.29. The number of carbonyl (C=O) groups is 3. The molecule has 4 N–H and O–H groups in total. The molecular formula is C14H12N4O3. The van der Waals surface area contributed by atoms with E-state index in [0.29, 0.717) is 5.69 Å². The van der Waals surface area contributed by atoms with Crippen molar-refractivity contribution in [2.24, 2.45) is 0 Å². The quantitative estimate of drug-likeness (QED) is 0.550. The van der Waals surface area contributed by atoms with Crippen LogP contribution in [0.2, 0.25) is 0 Å². The Hall–Kier alpha value is -3.22. The third kappa shape index (κ3) is 3.87. The van der Waals surface area contributed by atoms with Crippen LogP contribution in [0.5, 0.6) is 0 Å². The van der Waals surface area contributed by atoms with E-state index in [1.54, 1.807) is 12.1 Å². The van der Waals surface area contributed by atoms with Gasteiger partial charge >= 0.3 is 11.8 Å². The number of anilines is 2. The van der Waals surface area contributed by atoms with Gasteiger partial charge in [0.15, 0.2) is 0 Å². The van der Waals surface area contributed by atoms with Gasteiger partial charge in [0.25, 0.3) is 5.91 Å². The molecule has 3 amide bonds. The number of benzene rings is 1. The maximum atomic E-state index is 11.8. The van der Waals surface area contributed by atoms with Gasteiger partial charge < -0.3 is 11.1 Å². The average Bonchev–Trinajstić information content (AvgIpc) is 2.48. The fourth-order valence-corrected chi connectivity index (χ4v) is 1.48. The molecule has 2 rings (SSSR count). The van der Waals surface area contributed by atoms with Crippen molar-refractivity contribution < 1.29 is 14.4 Å². The van der Waals surface area contributed by atoms with Crippen LogP contribution in [0.1, 0.15) is 10.4 Å². The van der Waals surface area contributed by atoms with Crippen molar-refractivity contribution in [2.75, 3.05) is 11.1 Å². The predicted octanol–water partition coefficient (Wildman–Crippen LogP) is 0.559. The van der Waals surface area contributed by atoms with E-state index in [1.807, 2.05) is 5.32 Å². The molecular weight excluding hydrogens is 272 g/mol. The molecule has 7 nitrogen and oxygen atoms in total. The Balaban J connectivity index is 1.96. The summed E-state index contributed by atoms with van der Waals surface area (Å²) in [5, 5.41) is 4.25. The van der Waals surface area contributed by atoms with Crippen molar-refractivity contribution in [3.05, 3.63) is 54.2 Å². The Morgan fingerprint density at radius 2 is 1.67 bits per heavy atom. The van der Waals surface area contributed by atoms with Crippen LogP contribution in [-0.2, 0) is 9.59 Å². The Morgan fingerprint density at radius 3 is 2.29 bits per heavy atom. The molecule has 0 aliphatic carbocycles. The van der Waals surface area contributed by atoms with Crippen LogP contribution in [0.25, 0.3) is 0 Å². The zero-order chi connectivity index (χ0) is 15.2. The van der Waals surface area contributed by atoms with Gasteiger partial charge in [0.1, 0.15) is 5.82 Å². The molecule has 7 heteroatoms. The molecule has 21 heavy (non-hydrogen) atoms. The Kier molecular flexibility index (Phi) is 4.25. The minimum Gasteiger partial charge on any atom is -0.399 e. The number of nitrogens with one attached hydrogen (secondary N) is 2. The maximum absolute atomic E-state index is 11.8. The lowest BCUT2D eigenvalue weighted by Gasteiger charge is -2.05. The number of nitrogens with zero attached hydrogens (tertiary/aromatic N) is 1. The lowest BCUT2D eigenvalue weighted by molar-refractivity contribution is -0.135. The number of hydrogen-bond acceptors (Lipinski definition) is 5. The number of hydrogen-bond donors (Lipinski definition) is 3. The summed E-state index contributed by atoms with van der Waals surface area (Å²) in [5.74, 6) is -2.51. The zero-order valence-corrected chi connectivity index (χ0v) is 10.9. The molecule has 0 spiro atoms. The maximum Gasteiger partial charge on any atom is 0.316 e. The zero-order valence-electron chi connectivity index (χ0n) is 10.9. The monoisotopic (exact) mass is 284 g/mol. The van der Waals surface area contributed by atoms with Gasteiger partial charge in [0.05, 0.1) is 0 Å². The molecule has 1 aromatic carbocycles. The van der Waals surface area contributed by atoms with Gasteiger partial charge in [0.2, 0.25) is 0 Å². The van der Waals surface area contributed by atoms with Crippen LogP contribution in [0.4, 0.5) is 11.5 Å². The number of carbonyl (C=O) groups excluding carboxylic acids is 3. The van der Waals surface area contributed by atoms with Crippen LogP contribution >= 0.6 is 0 Å². The van der Waals surface area contributed by atoms with Crippen LogP contribution in [0.15, 0.2) is 48.7 Å². The van der Waals surface area contributed by atoms with Gasteiger partial charge in [-0.25, -0.2) is 4.98 Å². The highest BCUT2D eigenvalue weighted by atomic mass is 16.2. The molecule has 106 valence electrons. The Morgan fingerprint density at radius 1 is 0.952 bits per heavy atom. The summed E-state index contributed by atoms with van der Waals surface area (Å²) in [6.07, 6.45) is 1.47. The summed E-state index contributed by atoms with van der Waals surface area (Å²) in [6.45, 7) is 0. The van der Waals surface area contributed by atoms with E-state index in [1.165, 1.54) is 36.5 Å². The first-order valence-electron chi connectivity index (χ1n) is 5.99. The smallest absolute Gasteiger partial charge is 0.316 e. The van der Waals surface area contributed by atoms with Gasteiger partial charge in [-0.05, 0) is 36.4 Å². The number of imide groups is 1. The number of amides is 3. The Bertz CT molecular complexity index is 668. The third-order valence-electron chi connectivity index (χ3n) is 2.51. The fourth-order valence-electron chi connectivity index (χ4n) is 1.48. The number of rotatable bonds is 2. The van der Waals surface area contributed by atoms with E-state index >= 15 is 0 Å². The van der Waals surface area contributed by atoms with Gasteiger partial charge in [-0.3, -0.25) is 19.7 Å². The van der Waals surface area contributed by atoms with Crippen molar-refractivity contribution >= 4 is 29.2 Å². The fraction of sp³-hybridized carbons (Fsp3) is 0. The van der Waals surface area contributed by atoms with E-state index in [2.05, 4.69) is 10.3 Å².